The number of benzene rings is 3. The van der Waals surface area contributed by atoms with Crippen LogP contribution >= 0.6 is 15.9 Å². The van der Waals surface area contributed by atoms with Gasteiger partial charge in [-0.3, -0.25) is 9.69 Å². The van der Waals surface area contributed by atoms with E-state index in [-0.39, 0.29) is 11.6 Å². The number of carbonyl (C=O) groups is 1. The minimum atomic E-state index is -0.393. The van der Waals surface area contributed by atoms with Gasteiger partial charge >= 0.3 is 0 Å². The van der Waals surface area contributed by atoms with Gasteiger partial charge in [0.05, 0.1) is 5.69 Å². The molecule has 3 aromatic carbocycles. The third-order valence-electron chi connectivity index (χ3n) is 4.16. The Morgan fingerprint density at radius 2 is 1.67 bits per heavy atom. The summed E-state index contributed by atoms with van der Waals surface area (Å²) in [7, 11) is 0. The van der Waals surface area contributed by atoms with Crippen molar-refractivity contribution >= 4 is 39.4 Å². The van der Waals surface area contributed by atoms with Gasteiger partial charge in [0.15, 0.2) is 0 Å². The second-order valence-corrected chi connectivity index (χ2v) is 6.89. The quantitative estimate of drug-likeness (QED) is 0.520. The summed E-state index contributed by atoms with van der Waals surface area (Å²) in [6.45, 7) is 0. The van der Waals surface area contributed by atoms with E-state index in [0.717, 1.165) is 10.0 Å². The Morgan fingerprint density at radius 3 is 2.41 bits per heavy atom. The van der Waals surface area contributed by atoms with E-state index in [1.165, 1.54) is 12.1 Å². The molecule has 0 atom stereocenters. The van der Waals surface area contributed by atoms with Crippen molar-refractivity contribution in [1.29, 1.82) is 0 Å². The van der Waals surface area contributed by atoms with Gasteiger partial charge in [0, 0.05) is 15.6 Å². The maximum atomic E-state index is 14.0. The summed E-state index contributed by atoms with van der Waals surface area (Å²) in [6.07, 6.45) is 1.48. The summed E-state index contributed by atoms with van der Waals surface area (Å²) in [6, 6.07) is 23.2. The van der Waals surface area contributed by atoms with Crippen molar-refractivity contribution in [2.24, 2.45) is 4.99 Å². The number of halogens is 2. The van der Waals surface area contributed by atoms with Crippen LogP contribution in [0, 0.1) is 5.82 Å². The molecule has 132 valence electrons. The van der Waals surface area contributed by atoms with Crippen molar-refractivity contribution in [2.45, 2.75) is 0 Å². The molecule has 1 heterocycles. The Hall–Kier alpha value is -3.05. The lowest BCUT2D eigenvalue weighted by Crippen LogP contribution is -2.32. The van der Waals surface area contributed by atoms with E-state index in [9.17, 15) is 9.18 Å². The number of rotatable bonds is 3. The zero-order chi connectivity index (χ0) is 18.8. The lowest BCUT2D eigenvalue weighted by molar-refractivity contribution is -0.113. The molecule has 0 aliphatic carbocycles. The number of hydrogen-bond donors (Lipinski definition) is 0. The largest absolute Gasteiger partial charge is 0.282 e. The van der Waals surface area contributed by atoms with Crippen molar-refractivity contribution in [2.75, 3.05) is 4.90 Å². The minimum Gasteiger partial charge on any atom is -0.266 e. The van der Waals surface area contributed by atoms with Crippen molar-refractivity contribution in [3.05, 3.63) is 106 Å². The molecule has 3 aromatic rings. The van der Waals surface area contributed by atoms with E-state index in [2.05, 4.69) is 20.9 Å². The molecule has 1 aliphatic rings. The standard InChI is InChI=1S/C22H14BrFN2O/c23-17-10-6-11-18(14-17)26-21(15-7-2-1-3-8-15)25-20(22(26)27)13-16-9-4-5-12-19(16)24/h1-14H/b20-13+. The number of nitrogens with zero attached hydrogens (tertiary/aromatic N) is 2. The molecule has 0 saturated carbocycles. The highest BCUT2D eigenvalue weighted by Gasteiger charge is 2.32. The van der Waals surface area contributed by atoms with Crippen LogP contribution in [0.1, 0.15) is 11.1 Å². The Morgan fingerprint density at radius 1 is 0.926 bits per heavy atom. The van der Waals surface area contributed by atoms with E-state index in [1.807, 2.05) is 54.6 Å². The summed E-state index contributed by atoms with van der Waals surface area (Å²) >= 11 is 3.44. The first-order chi connectivity index (χ1) is 13.1. The minimum absolute atomic E-state index is 0.193. The van der Waals surface area contributed by atoms with Crippen LogP contribution in [0.15, 0.2) is 94.0 Å². The van der Waals surface area contributed by atoms with Gasteiger partial charge in [0.25, 0.3) is 5.91 Å². The van der Waals surface area contributed by atoms with Crippen LogP contribution in [0.2, 0.25) is 0 Å². The molecule has 3 nitrogen and oxygen atoms in total. The highest BCUT2D eigenvalue weighted by atomic mass is 79.9. The third-order valence-corrected chi connectivity index (χ3v) is 4.65. The first-order valence-corrected chi connectivity index (χ1v) is 9.13. The monoisotopic (exact) mass is 420 g/mol. The molecule has 1 amide bonds. The Balaban J connectivity index is 1.85. The fraction of sp³-hybridized carbons (Fsp3) is 0. The normalized spacial score (nSPS) is 15.3. The fourth-order valence-corrected chi connectivity index (χ4v) is 3.28. The number of hydrogen-bond acceptors (Lipinski definition) is 2. The summed E-state index contributed by atoms with van der Waals surface area (Å²) in [5.41, 5.74) is 2.02. The molecule has 0 fully saturated rings. The van der Waals surface area contributed by atoms with E-state index in [1.54, 1.807) is 23.1 Å². The number of anilines is 1. The molecule has 1 aliphatic heterocycles. The molecule has 0 N–H and O–H groups in total. The SMILES string of the molecule is O=C1/C(=C\c2ccccc2F)N=C(c2ccccc2)N1c1cccc(Br)c1. The smallest absolute Gasteiger partial charge is 0.266 e. The molecule has 0 saturated heterocycles. The fourth-order valence-electron chi connectivity index (χ4n) is 2.89. The van der Waals surface area contributed by atoms with Gasteiger partial charge in [-0.05, 0) is 30.3 Å². The van der Waals surface area contributed by atoms with Crippen LogP contribution in [0.25, 0.3) is 6.08 Å². The van der Waals surface area contributed by atoms with Crippen LogP contribution in [-0.2, 0) is 4.79 Å². The predicted molar refractivity (Wildman–Crippen MR) is 109 cm³/mol. The molecule has 0 radical (unpaired) electrons. The maximum Gasteiger partial charge on any atom is 0.282 e. The van der Waals surface area contributed by atoms with Crippen LogP contribution in [0.5, 0.6) is 0 Å². The zero-order valence-electron chi connectivity index (χ0n) is 14.1. The van der Waals surface area contributed by atoms with E-state index in [4.69, 9.17) is 0 Å². The van der Waals surface area contributed by atoms with Gasteiger partial charge in [-0.15, -0.1) is 0 Å². The predicted octanol–water partition coefficient (Wildman–Crippen LogP) is 5.42. The number of aliphatic imine (C=N–C) groups is 1. The number of amidine groups is 1. The first-order valence-electron chi connectivity index (χ1n) is 8.34. The molecule has 0 aromatic heterocycles. The van der Waals surface area contributed by atoms with Gasteiger partial charge < -0.3 is 0 Å². The van der Waals surface area contributed by atoms with E-state index < -0.39 is 5.82 Å². The van der Waals surface area contributed by atoms with E-state index >= 15 is 0 Å². The van der Waals surface area contributed by atoms with Crippen molar-refractivity contribution in [3.63, 3.8) is 0 Å². The van der Waals surface area contributed by atoms with Crippen LogP contribution in [0.4, 0.5) is 10.1 Å². The number of carbonyl (C=O) groups excluding carboxylic acids is 1. The Kier molecular flexibility index (Phi) is 4.69. The van der Waals surface area contributed by atoms with Crippen molar-refractivity contribution in [3.8, 4) is 0 Å². The highest BCUT2D eigenvalue weighted by molar-refractivity contribution is 9.10. The first kappa shape index (κ1) is 17.4. The molecule has 0 unspecified atom stereocenters. The van der Waals surface area contributed by atoms with Crippen molar-refractivity contribution < 1.29 is 9.18 Å². The van der Waals surface area contributed by atoms with Gasteiger partial charge in [-0.1, -0.05) is 70.5 Å². The van der Waals surface area contributed by atoms with E-state index in [0.29, 0.717) is 17.1 Å². The van der Waals surface area contributed by atoms with Crippen LogP contribution < -0.4 is 4.90 Å². The Bertz CT molecular complexity index is 1080. The second-order valence-electron chi connectivity index (χ2n) is 5.97. The number of amides is 1. The van der Waals surface area contributed by atoms with Gasteiger partial charge in [0.2, 0.25) is 0 Å². The maximum absolute atomic E-state index is 14.0. The lowest BCUT2D eigenvalue weighted by atomic mass is 10.1. The van der Waals surface area contributed by atoms with Gasteiger partial charge in [0.1, 0.15) is 17.3 Å². The molecular weight excluding hydrogens is 407 g/mol. The average molecular weight is 421 g/mol. The molecule has 5 heteroatoms. The molecule has 4 rings (SSSR count). The molecule has 0 bridgehead atoms. The van der Waals surface area contributed by atoms with Gasteiger partial charge in [-0.2, -0.15) is 0 Å². The van der Waals surface area contributed by atoms with Gasteiger partial charge in [-0.25, -0.2) is 9.38 Å². The lowest BCUT2D eigenvalue weighted by Gasteiger charge is -2.18. The molecular formula is C22H14BrFN2O. The summed E-state index contributed by atoms with van der Waals surface area (Å²) in [5.74, 6) is -0.174. The molecule has 0 spiro atoms. The topological polar surface area (TPSA) is 32.7 Å². The zero-order valence-corrected chi connectivity index (χ0v) is 15.7. The summed E-state index contributed by atoms with van der Waals surface area (Å²) < 4.78 is 14.9. The summed E-state index contributed by atoms with van der Waals surface area (Å²) in [5, 5.41) is 0. The van der Waals surface area contributed by atoms with Crippen molar-refractivity contribution in [1.82, 2.24) is 0 Å². The van der Waals surface area contributed by atoms with Crippen LogP contribution in [-0.4, -0.2) is 11.7 Å². The average Bonchev–Trinajstić information content (AvgIpc) is 3.01. The van der Waals surface area contributed by atoms with Crippen LogP contribution in [0.3, 0.4) is 0 Å². The second kappa shape index (κ2) is 7.29. The third kappa shape index (κ3) is 3.46. The highest BCUT2D eigenvalue weighted by Crippen LogP contribution is 2.29. The Labute approximate surface area is 164 Å². The summed E-state index contributed by atoms with van der Waals surface area (Å²) in [4.78, 5) is 19.2. The molecule has 27 heavy (non-hydrogen) atoms.